The number of benzene rings is 2. The number of para-hydroxylation sites is 1. The maximum atomic E-state index is 12.5. The molecule has 0 spiro atoms. The number of anilines is 1. The Morgan fingerprint density at radius 2 is 1.38 bits per heavy atom. The van der Waals surface area contributed by atoms with E-state index >= 15 is 0 Å². The summed E-state index contributed by atoms with van der Waals surface area (Å²) in [5.41, 5.74) is 1.88. The van der Waals surface area contributed by atoms with Gasteiger partial charge in [0.2, 0.25) is 0 Å². The number of rotatable bonds is 2. The van der Waals surface area contributed by atoms with Gasteiger partial charge in [0.1, 0.15) is 0 Å². The predicted octanol–water partition coefficient (Wildman–Crippen LogP) is 2.36. The molecule has 0 atom stereocenters. The van der Waals surface area contributed by atoms with Crippen molar-refractivity contribution in [2.75, 3.05) is 4.90 Å². The quantitative estimate of drug-likeness (QED) is 0.466. The molecule has 0 saturated carbocycles. The average molecular weight is 364 g/mol. The van der Waals surface area contributed by atoms with Crippen molar-refractivity contribution < 1.29 is 27.4 Å². The van der Waals surface area contributed by atoms with E-state index in [4.69, 9.17) is 0 Å². The fourth-order valence-electron chi connectivity index (χ4n) is 2.16. The fraction of sp³-hybridized carbons (Fsp3) is 0. The molecular formula is C17H11NO2Rh. The van der Waals surface area contributed by atoms with Crippen LogP contribution in [0.5, 0.6) is 0 Å². The first kappa shape index (κ1) is 13.8. The molecule has 0 N–H and O–H groups in total. The van der Waals surface area contributed by atoms with Crippen molar-refractivity contribution in [3.05, 3.63) is 71.8 Å². The van der Waals surface area contributed by atoms with Crippen LogP contribution in [0.25, 0.3) is 6.08 Å². The Kier molecular flexibility index (Phi) is 3.72. The zero-order valence-electron chi connectivity index (χ0n) is 10.9. The van der Waals surface area contributed by atoms with Crippen LogP contribution in [-0.2, 0) is 27.4 Å². The first-order valence-electron chi connectivity index (χ1n) is 6.39. The minimum atomic E-state index is -0.305. The van der Waals surface area contributed by atoms with E-state index in [1.807, 2.05) is 36.4 Å². The van der Waals surface area contributed by atoms with E-state index in [1.54, 1.807) is 30.3 Å². The Balaban J connectivity index is 2.03. The molecule has 1 aliphatic rings. The second-order valence-corrected chi connectivity index (χ2v) is 5.36. The van der Waals surface area contributed by atoms with Crippen molar-refractivity contribution in [3.8, 4) is 0 Å². The normalized spacial score (nSPS) is 16.9. The Bertz CT molecular complexity index is 751. The molecule has 0 unspecified atom stereocenters. The summed E-state index contributed by atoms with van der Waals surface area (Å²) in [6.45, 7) is 0. The van der Waals surface area contributed by atoms with Gasteiger partial charge >= 0.3 is 132 Å². The maximum absolute atomic E-state index is 12.5. The summed E-state index contributed by atoms with van der Waals surface area (Å²) in [6, 6.07) is 18.4. The van der Waals surface area contributed by atoms with Gasteiger partial charge in [-0.05, 0) is 0 Å². The molecule has 21 heavy (non-hydrogen) atoms. The predicted molar refractivity (Wildman–Crippen MR) is 78.4 cm³/mol. The molecule has 3 rings (SSSR count). The van der Waals surface area contributed by atoms with Crippen LogP contribution in [0.15, 0.2) is 66.2 Å². The van der Waals surface area contributed by atoms with E-state index in [2.05, 4.69) is 17.9 Å². The Labute approximate surface area is 132 Å². The van der Waals surface area contributed by atoms with Crippen LogP contribution in [0.4, 0.5) is 5.69 Å². The van der Waals surface area contributed by atoms with Crippen LogP contribution in [0.2, 0.25) is 0 Å². The van der Waals surface area contributed by atoms with E-state index in [-0.39, 0.29) is 11.8 Å². The van der Waals surface area contributed by atoms with E-state index in [1.165, 1.54) is 4.90 Å². The van der Waals surface area contributed by atoms with Crippen LogP contribution < -0.4 is 4.90 Å². The van der Waals surface area contributed by atoms with E-state index in [0.29, 0.717) is 15.4 Å². The summed E-state index contributed by atoms with van der Waals surface area (Å²) in [7, 11) is 0. The van der Waals surface area contributed by atoms with Crippen LogP contribution in [-0.4, -0.2) is 15.9 Å². The van der Waals surface area contributed by atoms with Crippen LogP contribution in [0, 0.1) is 0 Å². The number of carbonyl (C=O) groups is 2. The third-order valence-electron chi connectivity index (χ3n) is 3.16. The van der Waals surface area contributed by atoms with Crippen LogP contribution in [0.1, 0.15) is 5.56 Å². The van der Waals surface area contributed by atoms with E-state index in [9.17, 15) is 9.59 Å². The monoisotopic (exact) mass is 364 g/mol. The van der Waals surface area contributed by atoms with Crippen LogP contribution >= 0.6 is 0 Å². The molecule has 1 fully saturated rings. The second-order valence-electron chi connectivity index (χ2n) is 4.54. The van der Waals surface area contributed by atoms with E-state index < -0.39 is 0 Å². The second kappa shape index (κ2) is 5.67. The van der Waals surface area contributed by atoms with Gasteiger partial charge in [0, 0.05) is 0 Å². The van der Waals surface area contributed by atoms with E-state index in [0.717, 1.165) is 5.56 Å². The van der Waals surface area contributed by atoms with Crippen molar-refractivity contribution in [1.82, 2.24) is 0 Å². The Hall–Kier alpha value is -2.19. The number of carbonyl (C=O) groups excluding carboxylic acids is 2. The molecule has 2 amide bonds. The molecule has 1 saturated heterocycles. The number of hydrogen-bond acceptors (Lipinski definition) is 2. The third kappa shape index (κ3) is 2.55. The van der Waals surface area contributed by atoms with Crippen molar-refractivity contribution in [1.29, 1.82) is 0 Å². The summed E-state index contributed by atoms with van der Waals surface area (Å²) >= 11 is 2.60. The number of amides is 2. The van der Waals surface area contributed by atoms with Crippen LogP contribution in [0.3, 0.4) is 0 Å². The molecule has 4 heteroatoms. The minimum absolute atomic E-state index is 0.298. The Morgan fingerprint density at radius 1 is 0.810 bits per heavy atom. The number of imide groups is 1. The summed E-state index contributed by atoms with van der Waals surface area (Å²) < 4.78 is 0.369. The van der Waals surface area contributed by atoms with Gasteiger partial charge in [-0.2, -0.15) is 0 Å². The average Bonchev–Trinajstić information content (AvgIpc) is 2.73. The fourth-order valence-corrected chi connectivity index (χ4v) is 2.64. The topological polar surface area (TPSA) is 37.4 Å². The van der Waals surface area contributed by atoms with Gasteiger partial charge in [0.05, 0.1) is 0 Å². The molecule has 0 bridgehead atoms. The Morgan fingerprint density at radius 3 is 2.00 bits per heavy atom. The summed E-state index contributed by atoms with van der Waals surface area (Å²) in [5.74, 6) is -0.603. The zero-order chi connectivity index (χ0) is 14.8. The molecule has 1 heterocycles. The molecule has 3 nitrogen and oxygen atoms in total. The van der Waals surface area contributed by atoms with Crippen molar-refractivity contribution in [2.24, 2.45) is 0 Å². The zero-order valence-corrected chi connectivity index (χ0v) is 12.6. The standard InChI is InChI=1S/C17H11NO2.Rh/c19-16-12-14(11-13-7-3-1-4-8-13)17(20)18(16)15-9-5-2-6-10-15;/h1-11H;/b14-11+;. The van der Waals surface area contributed by atoms with Gasteiger partial charge in [0.25, 0.3) is 0 Å². The molecule has 0 aliphatic carbocycles. The first-order valence-corrected chi connectivity index (χ1v) is 7.21. The molecule has 1 aliphatic heterocycles. The SMILES string of the molecule is O=C1[C](=[Rh])/C(=C\c2ccccc2)C(=O)N1c1ccccc1. The number of hydrogen-bond donors (Lipinski definition) is 0. The van der Waals surface area contributed by atoms with Gasteiger partial charge in [-0.1, -0.05) is 0 Å². The summed E-state index contributed by atoms with van der Waals surface area (Å²) in [4.78, 5) is 26.0. The summed E-state index contributed by atoms with van der Waals surface area (Å²) in [5, 5.41) is 0. The van der Waals surface area contributed by atoms with Crippen molar-refractivity contribution >= 4 is 27.7 Å². The molecule has 0 aromatic heterocycles. The first-order chi connectivity index (χ1) is 10.2. The van der Waals surface area contributed by atoms with Gasteiger partial charge in [0.15, 0.2) is 0 Å². The van der Waals surface area contributed by atoms with Crippen molar-refractivity contribution in [3.63, 3.8) is 0 Å². The van der Waals surface area contributed by atoms with Gasteiger partial charge in [-0.25, -0.2) is 0 Å². The van der Waals surface area contributed by atoms with Gasteiger partial charge in [-0.3, -0.25) is 0 Å². The summed E-state index contributed by atoms with van der Waals surface area (Å²) in [6.07, 6.45) is 1.73. The van der Waals surface area contributed by atoms with Gasteiger partial charge < -0.3 is 0 Å². The number of nitrogens with zero attached hydrogens (tertiary/aromatic N) is 1. The molecular weight excluding hydrogens is 353 g/mol. The molecule has 0 radical (unpaired) electrons. The molecule has 2 aromatic rings. The van der Waals surface area contributed by atoms with Crippen molar-refractivity contribution in [2.45, 2.75) is 0 Å². The third-order valence-corrected chi connectivity index (χ3v) is 3.96. The van der Waals surface area contributed by atoms with Gasteiger partial charge in [-0.15, -0.1) is 0 Å². The molecule has 105 valence electrons. The molecule has 2 aromatic carbocycles.